The van der Waals surface area contributed by atoms with Gasteiger partial charge < -0.3 is 4.57 Å². The van der Waals surface area contributed by atoms with E-state index in [9.17, 15) is 0 Å². The van der Waals surface area contributed by atoms with Gasteiger partial charge in [0.2, 0.25) is 0 Å². The lowest BCUT2D eigenvalue weighted by atomic mass is 9.79. The largest absolute Gasteiger partial charge is 0.317 e. The highest BCUT2D eigenvalue weighted by atomic mass is 79.9. The van der Waals surface area contributed by atoms with Crippen molar-refractivity contribution >= 4 is 27.7 Å². The molecule has 0 aliphatic rings. The molecule has 4 rings (SSSR count). The maximum Gasteiger partial charge on any atom is 0.187 e. The van der Waals surface area contributed by atoms with Crippen LogP contribution in [0.4, 0.5) is 0 Å². The number of aromatic nitrogens is 4. The molecule has 2 aromatic heterocycles. The molecule has 0 fully saturated rings. The van der Waals surface area contributed by atoms with Gasteiger partial charge in [0.15, 0.2) is 5.16 Å². The highest BCUT2D eigenvalue weighted by Gasteiger charge is 2.41. The van der Waals surface area contributed by atoms with E-state index in [0.29, 0.717) is 0 Å². The van der Waals surface area contributed by atoms with E-state index in [4.69, 9.17) is 4.98 Å². The van der Waals surface area contributed by atoms with Crippen LogP contribution in [0.15, 0.2) is 95.2 Å². The van der Waals surface area contributed by atoms with Crippen molar-refractivity contribution in [1.82, 2.24) is 19.5 Å². The first kappa shape index (κ1) is 17.9. The van der Waals surface area contributed by atoms with Gasteiger partial charge in [0.25, 0.3) is 0 Å². The SMILES string of the molecule is CSc1ncc(Br)c(C(c2ccccc2)(c2ccccc2)n2ccnc2)n1. The monoisotopic (exact) mass is 436 g/mol. The van der Waals surface area contributed by atoms with Gasteiger partial charge in [-0.15, -0.1) is 0 Å². The van der Waals surface area contributed by atoms with E-state index in [0.717, 1.165) is 26.4 Å². The Hall–Kier alpha value is -2.44. The molecular formula is C21H17BrN4S. The molecule has 0 aliphatic carbocycles. The van der Waals surface area contributed by atoms with Gasteiger partial charge in [0, 0.05) is 18.6 Å². The number of halogens is 1. The van der Waals surface area contributed by atoms with Gasteiger partial charge >= 0.3 is 0 Å². The first-order valence-corrected chi connectivity index (χ1v) is 10.4. The van der Waals surface area contributed by atoms with Crippen molar-refractivity contribution < 1.29 is 0 Å². The van der Waals surface area contributed by atoms with Crippen LogP contribution in [-0.4, -0.2) is 25.8 Å². The molecule has 4 nitrogen and oxygen atoms in total. The fourth-order valence-corrected chi connectivity index (χ4v) is 4.20. The van der Waals surface area contributed by atoms with E-state index in [1.165, 1.54) is 11.8 Å². The van der Waals surface area contributed by atoms with Gasteiger partial charge in [0.05, 0.1) is 16.5 Å². The molecule has 0 saturated carbocycles. The zero-order valence-electron chi connectivity index (χ0n) is 14.7. The summed E-state index contributed by atoms with van der Waals surface area (Å²) in [5.41, 5.74) is 2.39. The Balaban J connectivity index is 2.15. The summed E-state index contributed by atoms with van der Waals surface area (Å²) in [6.45, 7) is 0. The van der Waals surface area contributed by atoms with Crippen molar-refractivity contribution in [1.29, 1.82) is 0 Å². The summed E-state index contributed by atoms with van der Waals surface area (Å²) < 4.78 is 2.95. The lowest BCUT2D eigenvalue weighted by Crippen LogP contribution is -2.38. The topological polar surface area (TPSA) is 43.6 Å². The average molecular weight is 437 g/mol. The van der Waals surface area contributed by atoms with Crippen LogP contribution in [-0.2, 0) is 5.54 Å². The van der Waals surface area contributed by atoms with Crippen LogP contribution in [0, 0.1) is 0 Å². The Bertz CT molecular complexity index is 981. The maximum absolute atomic E-state index is 4.93. The number of thioether (sulfide) groups is 1. The van der Waals surface area contributed by atoms with E-state index >= 15 is 0 Å². The van der Waals surface area contributed by atoms with Crippen molar-refractivity contribution in [3.63, 3.8) is 0 Å². The highest BCUT2D eigenvalue weighted by molar-refractivity contribution is 9.10. The quantitative estimate of drug-likeness (QED) is 0.326. The number of hydrogen-bond donors (Lipinski definition) is 0. The minimum Gasteiger partial charge on any atom is -0.317 e. The van der Waals surface area contributed by atoms with Crippen molar-refractivity contribution in [3.8, 4) is 0 Å². The zero-order valence-corrected chi connectivity index (χ0v) is 17.1. The van der Waals surface area contributed by atoms with Crippen LogP contribution in [0.2, 0.25) is 0 Å². The lowest BCUT2D eigenvalue weighted by molar-refractivity contribution is 0.490. The minimum absolute atomic E-state index is 0.675. The van der Waals surface area contributed by atoms with Crippen LogP contribution in [0.25, 0.3) is 0 Å². The molecule has 0 saturated heterocycles. The molecule has 0 unspecified atom stereocenters. The first-order valence-electron chi connectivity index (χ1n) is 8.43. The molecule has 0 radical (unpaired) electrons. The third-order valence-corrected chi connectivity index (χ3v) is 5.66. The number of nitrogens with zero attached hydrogens (tertiary/aromatic N) is 4. The molecule has 4 aromatic rings. The Morgan fingerprint density at radius 2 is 1.59 bits per heavy atom. The smallest absolute Gasteiger partial charge is 0.187 e. The molecule has 2 heterocycles. The lowest BCUT2D eigenvalue weighted by Gasteiger charge is -2.36. The predicted molar refractivity (Wildman–Crippen MR) is 112 cm³/mol. The summed E-state index contributed by atoms with van der Waals surface area (Å²) in [6.07, 6.45) is 9.43. The number of benzene rings is 2. The van der Waals surface area contributed by atoms with Crippen LogP contribution in [0.5, 0.6) is 0 Å². The third-order valence-electron chi connectivity index (χ3n) is 4.52. The Morgan fingerprint density at radius 1 is 0.963 bits per heavy atom. The molecular weight excluding hydrogens is 420 g/mol. The fraction of sp³-hybridized carbons (Fsp3) is 0.0952. The first-order chi connectivity index (χ1) is 13.3. The molecule has 0 aliphatic heterocycles. The van der Waals surface area contributed by atoms with Crippen molar-refractivity contribution in [2.45, 2.75) is 10.7 Å². The summed E-state index contributed by atoms with van der Waals surface area (Å²) >= 11 is 5.24. The molecule has 0 bridgehead atoms. The molecule has 0 amide bonds. The van der Waals surface area contributed by atoms with Crippen LogP contribution >= 0.6 is 27.7 Å². The van der Waals surface area contributed by atoms with Gasteiger partial charge in [-0.05, 0) is 33.3 Å². The molecule has 0 N–H and O–H groups in total. The standard InChI is InChI=1S/C21H17BrN4S/c1-27-20-24-14-18(22)19(25-20)21(26-13-12-23-15-26,16-8-4-2-5-9-16)17-10-6-3-7-11-17/h2-15H,1H3. The van der Waals surface area contributed by atoms with Crippen LogP contribution in [0.3, 0.4) is 0 Å². The number of hydrogen-bond acceptors (Lipinski definition) is 4. The molecule has 2 aromatic carbocycles. The van der Waals surface area contributed by atoms with E-state index in [2.05, 4.69) is 79.0 Å². The molecule has 0 spiro atoms. The second kappa shape index (κ2) is 7.66. The van der Waals surface area contributed by atoms with Crippen LogP contribution < -0.4 is 0 Å². The summed E-state index contributed by atoms with van der Waals surface area (Å²) in [6, 6.07) is 20.7. The second-order valence-electron chi connectivity index (χ2n) is 5.97. The summed E-state index contributed by atoms with van der Waals surface area (Å²) in [4.78, 5) is 13.7. The molecule has 0 atom stereocenters. The third kappa shape index (κ3) is 3.09. The van der Waals surface area contributed by atoms with Crippen molar-refractivity contribution in [2.24, 2.45) is 0 Å². The summed E-state index contributed by atoms with van der Waals surface area (Å²) in [7, 11) is 0. The van der Waals surface area contributed by atoms with Crippen LogP contribution in [0.1, 0.15) is 16.8 Å². The summed E-state index contributed by atoms with van der Waals surface area (Å²) in [5.74, 6) is 0. The molecule has 6 heteroatoms. The van der Waals surface area contributed by atoms with Gasteiger partial charge in [-0.2, -0.15) is 0 Å². The molecule has 27 heavy (non-hydrogen) atoms. The van der Waals surface area contributed by atoms with Gasteiger partial charge in [-0.25, -0.2) is 15.0 Å². The van der Waals surface area contributed by atoms with E-state index in [-0.39, 0.29) is 0 Å². The Labute approximate surface area is 170 Å². The number of rotatable bonds is 5. The van der Waals surface area contributed by atoms with E-state index < -0.39 is 5.54 Å². The average Bonchev–Trinajstić information content (AvgIpc) is 3.27. The predicted octanol–water partition coefficient (Wildman–Crippen LogP) is 5.00. The summed E-state index contributed by atoms with van der Waals surface area (Å²) in [5, 5.41) is 0.726. The fourth-order valence-electron chi connectivity index (χ4n) is 3.38. The molecule has 134 valence electrons. The van der Waals surface area contributed by atoms with Gasteiger partial charge in [0.1, 0.15) is 5.54 Å². The van der Waals surface area contributed by atoms with Gasteiger partial charge in [-0.3, -0.25) is 0 Å². The van der Waals surface area contributed by atoms with E-state index in [1.54, 1.807) is 6.20 Å². The highest BCUT2D eigenvalue weighted by Crippen LogP contribution is 2.42. The Morgan fingerprint density at radius 3 is 2.11 bits per heavy atom. The second-order valence-corrected chi connectivity index (χ2v) is 7.59. The normalized spacial score (nSPS) is 11.5. The van der Waals surface area contributed by atoms with E-state index in [1.807, 2.05) is 37.1 Å². The van der Waals surface area contributed by atoms with Gasteiger partial charge in [-0.1, -0.05) is 72.4 Å². The number of imidazole rings is 1. The Kier molecular flexibility index (Phi) is 5.09. The zero-order chi connectivity index (χ0) is 18.7. The van der Waals surface area contributed by atoms with Crippen molar-refractivity contribution in [2.75, 3.05) is 6.26 Å². The maximum atomic E-state index is 4.93. The minimum atomic E-state index is -0.675. The van der Waals surface area contributed by atoms with Crippen molar-refractivity contribution in [3.05, 3.63) is 107 Å².